The van der Waals surface area contributed by atoms with E-state index in [2.05, 4.69) is 9.97 Å². The molecular weight excluding hydrogens is 390 g/mol. The van der Waals surface area contributed by atoms with Gasteiger partial charge in [-0.3, -0.25) is 4.79 Å². The second-order valence-electron chi connectivity index (χ2n) is 6.33. The van der Waals surface area contributed by atoms with Crippen LogP contribution in [0, 0.1) is 5.82 Å². The Morgan fingerprint density at radius 1 is 1.07 bits per heavy atom. The summed E-state index contributed by atoms with van der Waals surface area (Å²) in [6.07, 6.45) is 3.25. The van der Waals surface area contributed by atoms with Crippen molar-refractivity contribution in [3.8, 4) is 11.4 Å². The highest BCUT2D eigenvalue weighted by Gasteiger charge is 2.31. The number of hydrogen-bond acceptors (Lipinski definition) is 5. The van der Waals surface area contributed by atoms with Gasteiger partial charge in [0.05, 0.1) is 11.1 Å². The molecule has 9 heteroatoms. The Morgan fingerprint density at radius 3 is 2.34 bits per heavy atom. The van der Waals surface area contributed by atoms with Gasteiger partial charge in [-0.1, -0.05) is 0 Å². The van der Waals surface area contributed by atoms with Crippen LogP contribution in [0.4, 0.5) is 17.6 Å². The minimum atomic E-state index is -4.59. The van der Waals surface area contributed by atoms with Crippen LogP contribution >= 0.6 is 0 Å². The molecule has 0 radical (unpaired) electrons. The van der Waals surface area contributed by atoms with Crippen LogP contribution in [0.5, 0.6) is 0 Å². The molecule has 5 nitrogen and oxygen atoms in total. The SMILES string of the molecule is CN(/C=C\c1cc(-c2ncc(C(F)(F)F)cn2)c(F)cc1C=O)CCCCC=O. The molecule has 0 fully saturated rings. The Morgan fingerprint density at radius 2 is 1.76 bits per heavy atom. The Hall–Kier alpha value is -3.10. The number of unbranched alkanes of at least 4 members (excludes halogenated alkanes) is 2. The summed E-state index contributed by atoms with van der Waals surface area (Å²) in [7, 11) is 1.81. The standard InChI is InChI=1S/C20H19F4N3O2/c1-27(6-3-2-4-8-28)7-5-14-9-17(18(21)10-15(14)13-29)19-25-11-16(12-26-19)20(22,23)24/h5,7-13H,2-4,6H2,1H3/b7-5-. The van der Waals surface area contributed by atoms with Crippen LogP contribution < -0.4 is 0 Å². The van der Waals surface area contributed by atoms with E-state index in [0.29, 0.717) is 37.2 Å². The van der Waals surface area contributed by atoms with Gasteiger partial charge in [0.15, 0.2) is 12.1 Å². The molecule has 2 aromatic rings. The summed E-state index contributed by atoms with van der Waals surface area (Å²) in [6.45, 7) is 0.677. The van der Waals surface area contributed by atoms with E-state index in [9.17, 15) is 27.2 Å². The molecule has 0 atom stereocenters. The fourth-order valence-electron chi connectivity index (χ4n) is 2.51. The maximum Gasteiger partial charge on any atom is 0.419 e. The van der Waals surface area contributed by atoms with Crippen LogP contribution in [0.1, 0.15) is 40.7 Å². The smallest absolute Gasteiger partial charge is 0.380 e. The van der Waals surface area contributed by atoms with Gasteiger partial charge in [0.25, 0.3) is 0 Å². The minimum Gasteiger partial charge on any atom is -0.380 e. The fraction of sp³-hybridized carbons (Fsp3) is 0.300. The van der Waals surface area contributed by atoms with E-state index in [1.807, 2.05) is 4.90 Å². The molecule has 0 aliphatic carbocycles. The molecule has 0 saturated carbocycles. The third-order valence-electron chi connectivity index (χ3n) is 4.11. The number of carbonyl (C=O) groups is 2. The number of alkyl halides is 3. The van der Waals surface area contributed by atoms with E-state index in [1.165, 1.54) is 6.07 Å². The first kappa shape index (κ1) is 22.2. The zero-order chi connectivity index (χ0) is 21.4. The summed E-state index contributed by atoms with van der Waals surface area (Å²) in [5.74, 6) is -1.03. The van der Waals surface area contributed by atoms with Gasteiger partial charge in [-0.2, -0.15) is 13.2 Å². The third kappa shape index (κ3) is 6.20. The molecule has 0 bridgehead atoms. The average Bonchev–Trinajstić information content (AvgIpc) is 2.69. The average molecular weight is 409 g/mol. The van der Waals surface area contributed by atoms with E-state index in [1.54, 1.807) is 19.3 Å². The van der Waals surface area contributed by atoms with Crippen molar-refractivity contribution in [2.45, 2.75) is 25.4 Å². The molecule has 29 heavy (non-hydrogen) atoms. The predicted molar refractivity (Wildman–Crippen MR) is 99.4 cm³/mol. The van der Waals surface area contributed by atoms with Crippen molar-refractivity contribution in [1.82, 2.24) is 14.9 Å². The van der Waals surface area contributed by atoms with Crippen LogP contribution in [0.25, 0.3) is 17.5 Å². The van der Waals surface area contributed by atoms with Crippen molar-refractivity contribution in [1.29, 1.82) is 0 Å². The van der Waals surface area contributed by atoms with E-state index in [0.717, 1.165) is 25.2 Å². The van der Waals surface area contributed by atoms with Gasteiger partial charge in [0, 0.05) is 38.0 Å². The number of carbonyl (C=O) groups excluding carboxylic acids is 2. The molecule has 0 aliphatic rings. The van der Waals surface area contributed by atoms with Crippen molar-refractivity contribution in [3.05, 3.63) is 53.2 Å². The summed E-state index contributed by atoms with van der Waals surface area (Å²) in [5.41, 5.74) is -0.691. The molecule has 1 aromatic carbocycles. The molecule has 0 saturated heterocycles. The summed E-state index contributed by atoms with van der Waals surface area (Å²) < 4.78 is 52.3. The van der Waals surface area contributed by atoms with Crippen molar-refractivity contribution in [3.63, 3.8) is 0 Å². The Kier molecular flexibility index (Phi) is 7.58. The van der Waals surface area contributed by atoms with Gasteiger partial charge < -0.3 is 9.69 Å². The van der Waals surface area contributed by atoms with Gasteiger partial charge in [-0.25, -0.2) is 14.4 Å². The molecule has 0 unspecified atom stereocenters. The van der Waals surface area contributed by atoms with Gasteiger partial charge in [-0.15, -0.1) is 0 Å². The summed E-state index contributed by atoms with van der Waals surface area (Å²) in [4.78, 5) is 30.6. The van der Waals surface area contributed by atoms with Gasteiger partial charge in [-0.05, 0) is 42.8 Å². The largest absolute Gasteiger partial charge is 0.419 e. The second-order valence-corrected chi connectivity index (χ2v) is 6.33. The number of hydrogen-bond donors (Lipinski definition) is 0. The highest BCUT2D eigenvalue weighted by Crippen LogP contribution is 2.29. The Bertz CT molecular complexity index is 881. The monoisotopic (exact) mass is 409 g/mol. The minimum absolute atomic E-state index is 0.0868. The summed E-state index contributed by atoms with van der Waals surface area (Å²) in [6, 6.07) is 2.31. The van der Waals surface area contributed by atoms with Crippen molar-refractivity contribution in [2.24, 2.45) is 0 Å². The van der Waals surface area contributed by atoms with Crippen LogP contribution in [0.3, 0.4) is 0 Å². The quantitative estimate of drug-likeness (QED) is 0.349. The molecule has 154 valence electrons. The molecule has 1 heterocycles. The zero-order valence-corrected chi connectivity index (χ0v) is 15.6. The van der Waals surface area contributed by atoms with Gasteiger partial charge >= 0.3 is 6.18 Å². The van der Waals surface area contributed by atoms with Crippen LogP contribution in [0.2, 0.25) is 0 Å². The maximum atomic E-state index is 14.4. The number of aldehydes is 2. The normalized spacial score (nSPS) is 11.6. The number of benzene rings is 1. The first-order valence-corrected chi connectivity index (χ1v) is 8.76. The second kappa shape index (κ2) is 9.90. The zero-order valence-electron chi connectivity index (χ0n) is 15.6. The Balaban J connectivity index is 2.26. The molecular formula is C20H19F4N3O2. The lowest BCUT2D eigenvalue weighted by Gasteiger charge is -2.13. The third-order valence-corrected chi connectivity index (χ3v) is 4.11. The molecule has 2 rings (SSSR count). The Labute approximate surface area is 165 Å². The molecule has 0 amide bonds. The first-order chi connectivity index (χ1) is 13.8. The summed E-state index contributed by atoms with van der Waals surface area (Å²) in [5, 5.41) is 0. The van der Waals surface area contributed by atoms with Crippen LogP contribution in [0.15, 0.2) is 30.7 Å². The molecule has 1 aromatic heterocycles. The predicted octanol–water partition coefficient (Wildman–Crippen LogP) is 4.39. The first-order valence-electron chi connectivity index (χ1n) is 8.76. The number of halogens is 4. The van der Waals surface area contributed by atoms with Crippen LogP contribution in [-0.4, -0.2) is 41.0 Å². The highest BCUT2D eigenvalue weighted by atomic mass is 19.4. The fourth-order valence-corrected chi connectivity index (χ4v) is 2.51. The highest BCUT2D eigenvalue weighted by molar-refractivity contribution is 5.84. The topological polar surface area (TPSA) is 63.2 Å². The number of aromatic nitrogens is 2. The van der Waals surface area contributed by atoms with E-state index in [4.69, 9.17) is 0 Å². The van der Waals surface area contributed by atoms with Crippen molar-refractivity contribution in [2.75, 3.05) is 13.6 Å². The van der Waals surface area contributed by atoms with Crippen LogP contribution in [-0.2, 0) is 11.0 Å². The lowest BCUT2D eigenvalue weighted by Crippen LogP contribution is -2.12. The molecule has 0 spiro atoms. The lowest BCUT2D eigenvalue weighted by molar-refractivity contribution is -0.138. The molecule has 0 aliphatic heterocycles. The van der Waals surface area contributed by atoms with Crippen molar-refractivity contribution < 1.29 is 27.2 Å². The van der Waals surface area contributed by atoms with Gasteiger partial charge in [0.1, 0.15) is 12.1 Å². The number of rotatable bonds is 9. The van der Waals surface area contributed by atoms with E-state index < -0.39 is 17.6 Å². The van der Waals surface area contributed by atoms with E-state index in [-0.39, 0.29) is 17.0 Å². The molecule has 0 N–H and O–H groups in total. The van der Waals surface area contributed by atoms with Crippen molar-refractivity contribution >= 4 is 18.6 Å². The van der Waals surface area contributed by atoms with Gasteiger partial charge in [0.2, 0.25) is 0 Å². The number of nitrogens with zero attached hydrogens (tertiary/aromatic N) is 3. The maximum absolute atomic E-state index is 14.4. The van der Waals surface area contributed by atoms with E-state index >= 15 is 0 Å². The summed E-state index contributed by atoms with van der Waals surface area (Å²) >= 11 is 0. The lowest BCUT2D eigenvalue weighted by atomic mass is 10.0.